The maximum atomic E-state index is 11.9. The van der Waals surface area contributed by atoms with Crippen molar-refractivity contribution in [2.75, 3.05) is 26.2 Å². The van der Waals surface area contributed by atoms with E-state index in [1.165, 1.54) is 6.42 Å². The maximum Gasteiger partial charge on any atom is 0.410 e. The molecule has 2 saturated heterocycles. The first-order valence-corrected chi connectivity index (χ1v) is 6.89. The molecule has 2 rings (SSSR count). The molecule has 0 aromatic heterocycles. The van der Waals surface area contributed by atoms with Gasteiger partial charge in [-0.25, -0.2) is 4.79 Å². The number of hydrogen-bond donors (Lipinski definition) is 2. The van der Waals surface area contributed by atoms with Gasteiger partial charge in [-0.2, -0.15) is 0 Å². The van der Waals surface area contributed by atoms with E-state index in [9.17, 15) is 4.79 Å². The highest BCUT2D eigenvalue weighted by Crippen LogP contribution is 2.16. The lowest BCUT2D eigenvalue weighted by Gasteiger charge is -2.25. The van der Waals surface area contributed by atoms with E-state index in [1.807, 2.05) is 25.7 Å². The molecule has 0 spiro atoms. The summed E-state index contributed by atoms with van der Waals surface area (Å²) in [5.41, 5.74) is -0.405. The smallest absolute Gasteiger partial charge is 0.410 e. The number of likely N-dealkylation sites (tertiary alicyclic amines) is 1. The predicted octanol–water partition coefficient (Wildman–Crippen LogP) is 0.947. The Balaban J connectivity index is 1.75. The maximum absolute atomic E-state index is 11.9. The summed E-state index contributed by atoms with van der Waals surface area (Å²) in [5.74, 6) is 0. The van der Waals surface area contributed by atoms with Crippen molar-refractivity contribution < 1.29 is 9.53 Å². The van der Waals surface area contributed by atoms with Gasteiger partial charge in [0.1, 0.15) is 5.60 Å². The normalized spacial score (nSPS) is 28.7. The first kappa shape index (κ1) is 13.6. The second-order valence-electron chi connectivity index (χ2n) is 6.27. The SMILES string of the molecule is CC(C)(C)OC(=O)N1CC[C@H](N[C@@H]2CCNC2)C1. The Morgan fingerprint density at radius 3 is 2.72 bits per heavy atom. The van der Waals surface area contributed by atoms with Crippen molar-refractivity contribution in [2.45, 2.75) is 51.3 Å². The van der Waals surface area contributed by atoms with Gasteiger partial charge in [0.2, 0.25) is 0 Å². The van der Waals surface area contributed by atoms with Gasteiger partial charge in [0.15, 0.2) is 0 Å². The fraction of sp³-hybridized carbons (Fsp3) is 0.923. The number of carbonyl (C=O) groups is 1. The first-order valence-electron chi connectivity index (χ1n) is 6.89. The van der Waals surface area contributed by atoms with Crippen molar-refractivity contribution in [3.8, 4) is 0 Å². The Labute approximate surface area is 109 Å². The zero-order chi connectivity index (χ0) is 13.2. The fourth-order valence-corrected chi connectivity index (χ4v) is 2.52. The lowest BCUT2D eigenvalue weighted by molar-refractivity contribution is 0.0290. The van der Waals surface area contributed by atoms with Gasteiger partial charge in [0.25, 0.3) is 0 Å². The van der Waals surface area contributed by atoms with Crippen molar-refractivity contribution in [3.63, 3.8) is 0 Å². The Hall–Kier alpha value is -0.810. The van der Waals surface area contributed by atoms with Crippen LogP contribution in [0.5, 0.6) is 0 Å². The minimum atomic E-state index is -0.405. The molecule has 2 atom stereocenters. The van der Waals surface area contributed by atoms with Crippen LogP contribution in [0, 0.1) is 0 Å². The minimum absolute atomic E-state index is 0.184. The van der Waals surface area contributed by atoms with Gasteiger partial charge in [0, 0.05) is 31.7 Å². The van der Waals surface area contributed by atoms with Crippen molar-refractivity contribution in [3.05, 3.63) is 0 Å². The third kappa shape index (κ3) is 3.85. The summed E-state index contributed by atoms with van der Waals surface area (Å²) in [5, 5.41) is 6.96. The van der Waals surface area contributed by atoms with Crippen molar-refractivity contribution >= 4 is 6.09 Å². The van der Waals surface area contributed by atoms with Crippen LogP contribution in [0.2, 0.25) is 0 Å². The van der Waals surface area contributed by atoms with Gasteiger partial charge >= 0.3 is 6.09 Å². The number of rotatable bonds is 2. The molecule has 0 radical (unpaired) electrons. The number of amides is 1. The Kier molecular flexibility index (Phi) is 4.12. The molecule has 2 heterocycles. The van der Waals surface area contributed by atoms with Gasteiger partial charge < -0.3 is 20.3 Å². The van der Waals surface area contributed by atoms with E-state index in [-0.39, 0.29) is 6.09 Å². The van der Waals surface area contributed by atoms with Gasteiger partial charge in [-0.3, -0.25) is 0 Å². The molecule has 5 nitrogen and oxygen atoms in total. The molecule has 104 valence electrons. The summed E-state index contributed by atoms with van der Waals surface area (Å²) < 4.78 is 5.39. The topological polar surface area (TPSA) is 53.6 Å². The highest BCUT2D eigenvalue weighted by atomic mass is 16.6. The Morgan fingerprint density at radius 2 is 2.11 bits per heavy atom. The number of carbonyl (C=O) groups excluding carboxylic acids is 1. The quantitative estimate of drug-likeness (QED) is 0.771. The van der Waals surface area contributed by atoms with Crippen LogP contribution in [-0.2, 0) is 4.74 Å². The second-order valence-corrected chi connectivity index (χ2v) is 6.27. The van der Waals surface area contributed by atoms with Gasteiger partial charge in [-0.05, 0) is 40.2 Å². The van der Waals surface area contributed by atoms with E-state index in [1.54, 1.807) is 0 Å². The van der Waals surface area contributed by atoms with Crippen LogP contribution in [-0.4, -0.2) is 54.9 Å². The summed E-state index contributed by atoms with van der Waals surface area (Å²) in [4.78, 5) is 13.7. The lowest BCUT2D eigenvalue weighted by atomic mass is 10.2. The van der Waals surface area contributed by atoms with Gasteiger partial charge in [-0.15, -0.1) is 0 Å². The number of ether oxygens (including phenoxy) is 1. The molecule has 0 unspecified atom stereocenters. The monoisotopic (exact) mass is 255 g/mol. The van der Waals surface area contributed by atoms with E-state index in [4.69, 9.17) is 4.74 Å². The molecule has 2 aliphatic rings. The summed E-state index contributed by atoms with van der Waals surface area (Å²) in [6.07, 6.45) is 2.02. The van der Waals surface area contributed by atoms with E-state index in [0.29, 0.717) is 12.1 Å². The van der Waals surface area contributed by atoms with E-state index in [0.717, 1.165) is 32.6 Å². The highest BCUT2D eigenvalue weighted by Gasteiger charge is 2.31. The average molecular weight is 255 g/mol. The van der Waals surface area contributed by atoms with Crippen molar-refractivity contribution in [2.24, 2.45) is 0 Å². The van der Waals surface area contributed by atoms with Crippen LogP contribution < -0.4 is 10.6 Å². The number of hydrogen-bond acceptors (Lipinski definition) is 4. The second kappa shape index (κ2) is 5.45. The van der Waals surface area contributed by atoms with Crippen LogP contribution >= 0.6 is 0 Å². The molecule has 0 aromatic carbocycles. The van der Waals surface area contributed by atoms with Crippen molar-refractivity contribution in [1.29, 1.82) is 0 Å². The number of nitrogens with one attached hydrogen (secondary N) is 2. The molecule has 1 amide bonds. The van der Waals surface area contributed by atoms with Crippen LogP contribution in [0.1, 0.15) is 33.6 Å². The molecule has 0 saturated carbocycles. The molecule has 0 aromatic rings. The van der Waals surface area contributed by atoms with E-state index in [2.05, 4.69) is 10.6 Å². The molecule has 0 aliphatic carbocycles. The van der Waals surface area contributed by atoms with Crippen LogP contribution in [0.3, 0.4) is 0 Å². The first-order chi connectivity index (χ1) is 8.44. The third-order valence-electron chi connectivity index (χ3n) is 3.37. The molecule has 2 N–H and O–H groups in total. The zero-order valence-electron chi connectivity index (χ0n) is 11.7. The third-order valence-corrected chi connectivity index (χ3v) is 3.37. The molecule has 18 heavy (non-hydrogen) atoms. The van der Waals surface area contributed by atoms with Crippen LogP contribution in [0.4, 0.5) is 4.79 Å². The molecular weight excluding hydrogens is 230 g/mol. The predicted molar refractivity (Wildman–Crippen MR) is 70.6 cm³/mol. The fourth-order valence-electron chi connectivity index (χ4n) is 2.52. The summed E-state index contributed by atoms with van der Waals surface area (Å²) in [7, 11) is 0. The largest absolute Gasteiger partial charge is 0.444 e. The molecule has 5 heteroatoms. The summed E-state index contributed by atoms with van der Waals surface area (Å²) in [6.45, 7) is 9.42. The van der Waals surface area contributed by atoms with E-state index >= 15 is 0 Å². The average Bonchev–Trinajstić information content (AvgIpc) is 2.86. The Bertz CT molecular complexity index is 295. The molecule has 2 fully saturated rings. The van der Waals surface area contributed by atoms with Crippen molar-refractivity contribution in [1.82, 2.24) is 15.5 Å². The zero-order valence-corrected chi connectivity index (χ0v) is 11.7. The van der Waals surface area contributed by atoms with Crippen LogP contribution in [0.15, 0.2) is 0 Å². The standard InChI is InChI=1S/C13H25N3O2/c1-13(2,3)18-12(17)16-7-5-11(9-16)15-10-4-6-14-8-10/h10-11,14-15H,4-9H2,1-3H3/t10-,11+/m1/s1. The van der Waals surface area contributed by atoms with E-state index < -0.39 is 5.60 Å². The Morgan fingerprint density at radius 1 is 1.33 bits per heavy atom. The molecule has 0 bridgehead atoms. The molecular formula is C13H25N3O2. The number of nitrogens with zero attached hydrogens (tertiary/aromatic N) is 1. The van der Waals surface area contributed by atoms with Gasteiger partial charge in [-0.1, -0.05) is 0 Å². The highest BCUT2D eigenvalue weighted by molar-refractivity contribution is 5.68. The summed E-state index contributed by atoms with van der Waals surface area (Å²) in [6, 6.07) is 0.982. The lowest BCUT2D eigenvalue weighted by Crippen LogP contribution is -2.42. The van der Waals surface area contributed by atoms with Crippen LogP contribution in [0.25, 0.3) is 0 Å². The summed E-state index contributed by atoms with van der Waals surface area (Å²) >= 11 is 0. The van der Waals surface area contributed by atoms with Gasteiger partial charge in [0.05, 0.1) is 0 Å². The molecule has 2 aliphatic heterocycles. The minimum Gasteiger partial charge on any atom is -0.444 e.